The van der Waals surface area contributed by atoms with Crippen molar-refractivity contribution in [2.45, 2.75) is 26.7 Å². The van der Waals surface area contributed by atoms with Crippen LogP contribution in [-0.2, 0) is 0 Å². The Labute approximate surface area is 161 Å². The molecule has 2 aromatic carbocycles. The highest BCUT2D eigenvalue weighted by atomic mass is 19.1. The summed E-state index contributed by atoms with van der Waals surface area (Å²) in [5, 5.41) is 18.0. The van der Waals surface area contributed by atoms with Crippen molar-refractivity contribution in [1.29, 1.82) is 0 Å². The molecular weight excluding hydrogens is 363 g/mol. The van der Waals surface area contributed by atoms with Crippen LogP contribution < -0.4 is 5.32 Å². The summed E-state index contributed by atoms with van der Waals surface area (Å²) in [7, 11) is 0. The summed E-state index contributed by atoms with van der Waals surface area (Å²) < 4.78 is 14.8. The highest BCUT2D eigenvalue weighted by Gasteiger charge is 2.22. The average molecular weight is 382 g/mol. The maximum absolute atomic E-state index is 13.2. The summed E-state index contributed by atoms with van der Waals surface area (Å²) >= 11 is 0. The lowest BCUT2D eigenvalue weighted by molar-refractivity contribution is -0.384. The molecule has 0 fully saturated rings. The molecule has 7 nitrogen and oxygen atoms in total. The Morgan fingerprint density at radius 1 is 1.21 bits per heavy atom. The summed E-state index contributed by atoms with van der Waals surface area (Å²) in [6, 6.07) is 10.1. The predicted octanol–water partition coefficient (Wildman–Crippen LogP) is 4.60. The zero-order chi connectivity index (χ0) is 20.4. The molecule has 0 saturated carbocycles. The van der Waals surface area contributed by atoms with Gasteiger partial charge in [-0.25, -0.2) is 9.07 Å². The van der Waals surface area contributed by atoms with Crippen LogP contribution in [0.5, 0.6) is 0 Å². The summed E-state index contributed by atoms with van der Waals surface area (Å²) in [4.78, 5) is 23.4. The van der Waals surface area contributed by atoms with E-state index in [0.717, 1.165) is 0 Å². The number of halogens is 1. The van der Waals surface area contributed by atoms with Crippen molar-refractivity contribution < 1.29 is 14.1 Å². The maximum Gasteiger partial charge on any atom is 0.271 e. The Hall–Kier alpha value is -3.55. The minimum absolute atomic E-state index is 0.0421. The first-order valence-corrected chi connectivity index (χ1v) is 8.68. The Morgan fingerprint density at radius 2 is 1.89 bits per heavy atom. The molecule has 0 aliphatic rings. The molecule has 28 heavy (non-hydrogen) atoms. The van der Waals surface area contributed by atoms with Crippen LogP contribution in [0.1, 0.15) is 41.4 Å². The van der Waals surface area contributed by atoms with Crippen molar-refractivity contribution in [2.75, 3.05) is 5.32 Å². The van der Waals surface area contributed by atoms with E-state index in [2.05, 4.69) is 10.4 Å². The van der Waals surface area contributed by atoms with E-state index >= 15 is 0 Å². The Balaban J connectivity index is 1.98. The number of carbonyl (C=O) groups excluding carboxylic acids is 1. The number of anilines is 1. The Kier molecular flexibility index (Phi) is 5.21. The van der Waals surface area contributed by atoms with Crippen LogP contribution in [0.3, 0.4) is 0 Å². The van der Waals surface area contributed by atoms with Gasteiger partial charge in [0, 0.05) is 12.1 Å². The molecule has 1 aromatic heterocycles. The van der Waals surface area contributed by atoms with E-state index < -0.39 is 10.8 Å². The molecule has 1 heterocycles. The number of benzene rings is 2. The molecule has 3 aromatic rings. The van der Waals surface area contributed by atoms with Gasteiger partial charge in [-0.3, -0.25) is 14.9 Å². The number of nitrogens with zero attached hydrogens (tertiary/aromatic N) is 3. The summed E-state index contributed by atoms with van der Waals surface area (Å²) in [5.41, 5.74) is 2.61. The van der Waals surface area contributed by atoms with E-state index in [4.69, 9.17) is 0 Å². The van der Waals surface area contributed by atoms with Gasteiger partial charge in [0.1, 0.15) is 5.82 Å². The second-order valence-electron chi connectivity index (χ2n) is 6.70. The highest BCUT2D eigenvalue weighted by molar-refractivity contribution is 6.05. The smallest absolute Gasteiger partial charge is 0.271 e. The third-order valence-corrected chi connectivity index (χ3v) is 4.35. The van der Waals surface area contributed by atoms with Gasteiger partial charge >= 0.3 is 0 Å². The van der Waals surface area contributed by atoms with Crippen molar-refractivity contribution in [3.05, 3.63) is 81.4 Å². The van der Waals surface area contributed by atoms with Crippen molar-refractivity contribution in [2.24, 2.45) is 0 Å². The first-order valence-electron chi connectivity index (χ1n) is 8.68. The molecule has 0 spiro atoms. The molecule has 0 unspecified atom stereocenters. The monoisotopic (exact) mass is 382 g/mol. The van der Waals surface area contributed by atoms with Gasteiger partial charge in [-0.2, -0.15) is 5.10 Å². The average Bonchev–Trinajstić information content (AvgIpc) is 3.09. The van der Waals surface area contributed by atoms with Crippen molar-refractivity contribution in [3.63, 3.8) is 0 Å². The van der Waals surface area contributed by atoms with Gasteiger partial charge in [0.2, 0.25) is 0 Å². The van der Waals surface area contributed by atoms with Gasteiger partial charge in [-0.05, 0) is 42.7 Å². The second kappa shape index (κ2) is 7.59. The van der Waals surface area contributed by atoms with Gasteiger partial charge in [0.15, 0.2) is 0 Å². The number of nitro benzene ring substituents is 1. The maximum atomic E-state index is 13.2. The number of rotatable bonds is 5. The van der Waals surface area contributed by atoms with Gasteiger partial charge in [0.25, 0.3) is 11.6 Å². The lowest BCUT2D eigenvalue weighted by Crippen LogP contribution is -2.16. The standard InChI is InChI=1S/C20H19FN4O3/c1-12(2)19-17(11-22-24(19)15-8-5-14(21)6-9-15)20(26)23-18-10-16(25(27)28)7-4-13(18)3/h4-12H,1-3H3,(H,23,26). The number of carbonyl (C=O) groups is 1. The minimum atomic E-state index is -0.513. The fourth-order valence-electron chi connectivity index (χ4n) is 2.92. The summed E-state index contributed by atoms with van der Waals surface area (Å²) in [5.74, 6) is -0.818. The van der Waals surface area contributed by atoms with Crippen LogP contribution in [0, 0.1) is 22.9 Å². The molecular formula is C20H19FN4O3. The number of amides is 1. The van der Waals surface area contributed by atoms with Crippen molar-refractivity contribution in [1.82, 2.24) is 9.78 Å². The number of hydrogen-bond acceptors (Lipinski definition) is 4. The molecule has 144 valence electrons. The van der Waals surface area contributed by atoms with Gasteiger partial charge < -0.3 is 5.32 Å². The number of aryl methyl sites for hydroxylation is 1. The predicted molar refractivity (Wildman–Crippen MR) is 103 cm³/mol. The lowest BCUT2D eigenvalue weighted by Gasteiger charge is -2.13. The van der Waals surface area contributed by atoms with E-state index in [1.165, 1.54) is 30.5 Å². The van der Waals surface area contributed by atoms with Crippen LogP contribution >= 0.6 is 0 Å². The fraction of sp³-hybridized carbons (Fsp3) is 0.200. The molecule has 0 aliphatic carbocycles. The molecule has 3 rings (SSSR count). The van der Waals surface area contributed by atoms with E-state index in [9.17, 15) is 19.3 Å². The normalized spacial score (nSPS) is 10.9. The summed E-state index contributed by atoms with van der Waals surface area (Å²) in [6.45, 7) is 5.60. The van der Waals surface area contributed by atoms with E-state index in [1.54, 1.807) is 29.8 Å². The molecule has 0 radical (unpaired) electrons. The highest BCUT2D eigenvalue weighted by Crippen LogP contribution is 2.26. The minimum Gasteiger partial charge on any atom is -0.321 e. The van der Waals surface area contributed by atoms with Crippen LogP contribution in [0.4, 0.5) is 15.8 Å². The molecule has 1 N–H and O–H groups in total. The van der Waals surface area contributed by atoms with Crippen molar-refractivity contribution in [3.8, 4) is 5.69 Å². The molecule has 0 bridgehead atoms. The quantitative estimate of drug-likeness (QED) is 0.516. The van der Waals surface area contributed by atoms with Crippen LogP contribution in [-0.4, -0.2) is 20.6 Å². The molecule has 8 heteroatoms. The van der Waals surface area contributed by atoms with E-state index in [-0.39, 0.29) is 17.4 Å². The zero-order valence-corrected chi connectivity index (χ0v) is 15.6. The van der Waals surface area contributed by atoms with Crippen LogP contribution in [0.15, 0.2) is 48.7 Å². The molecule has 1 amide bonds. The first kappa shape index (κ1) is 19.2. The largest absolute Gasteiger partial charge is 0.321 e. The van der Waals surface area contributed by atoms with Gasteiger partial charge in [-0.15, -0.1) is 0 Å². The number of non-ortho nitro benzene ring substituents is 1. The SMILES string of the molecule is Cc1ccc([N+](=O)[O-])cc1NC(=O)c1cnn(-c2ccc(F)cc2)c1C(C)C. The van der Waals surface area contributed by atoms with Crippen molar-refractivity contribution >= 4 is 17.3 Å². The van der Waals surface area contributed by atoms with E-state index in [1.807, 2.05) is 13.8 Å². The molecule has 0 saturated heterocycles. The first-order chi connectivity index (χ1) is 13.3. The lowest BCUT2D eigenvalue weighted by atomic mass is 10.0. The molecule has 0 atom stereocenters. The van der Waals surface area contributed by atoms with Crippen LogP contribution in [0.25, 0.3) is 5.69 Å². The number of nitro groups is 1. The third-order valence-electron chi connectivity index (χ3n) is 4.35. The van der Waals surface area contributed by atoms with Gasteiger partial charge in [0.05, 0.1) is 33.8 Å². The Morgan fingerprint density at radius 3 is 2.50 bits per heavy atom. The van der Waals surface area contributed by atoms with Gasteiger partial charge in [-0.1, -0.05) is 19.9 Å². The third kappa shape index (κ3) is 3.75. The topological polar surface area (TPSA) is 90.1 Å². The zero-order valence-electron chi connectivity index (χ0n) is 15.6. The summed E-state index contributed by atoms with van der Waals surface area (Å²) in [6.07, 6.45) is 1.45. The second-order valence-corrected chi connectivity index (χ2v) is 6.70. The fourth-order valence-corrected chi connectivity index (χ4v) is 2.92. The van der Waals surface area contributed by atoms with E-state index in [0.29, 0.717) is 28.2 Å². The number of hydrogen-bond donors (Lipinski definition) is 1. The van der Waals surface area contributed by atoms with Crippen LogP contribution in [0.2, 0.25) is 0 Å². The molecule has 0 aliphatic heterocycles. The Bertz CT molecular complexity index is 1040. The number of nitrogens with one attached hydrogen (secondary N) is 1. The number of aromatic nitrogens is 2.